The molecular weight excluding hydrogens is 262 g/mol. The second-order valence-corrected chi connectivity index (χ2v) is 5.80. The van der Waals surface area contributed by atoms with Crippen LogP contribution in [-0.2, 0) is 4.74 Å². The number of rotatable bonds is 2. The number of nitrogens with one attached hydrogen (secondary N) is 1. The van der Waals surface area contributed by atoms with E-state index in [2.05, 4.69) is 10.2 Å². The van der Waals surface area contributed by atoms with Crippen LogP contribution < -0.4 is 0 Å². The van der Waals surface area contributed by atoms with Crippen LogP contribution in [-0.4, -0.2) is 40.8 Å². The summed E-state index contributed by atoms with van der Waals surface area (Å²) in [5.41, 5.74) is 0.918. The standard InChI is InChI=1S/C13H15N3O2S/c1-9-2-3-12(19-9)13(17)16-6-7-18-8-11(16)10-4-5-14-15-10/h2-5,11H,6-8H2,1H3,(H,14,15). The van der Waals surface area contributed by atoms with Crippen molar-refractivity contribution < 1.29 is 9.53 Å². The van der Waals surface area contributed by atoms with Crippen molar-refractivity contribution in [2.75, 3.05) is 19.8 Å². The van der Waals surface area contributed by atoms with Gasteiger partial charge in [0.1, 0.15) is 0 Å². The largest absolute Gasteiger partial charge is 0.377 e. The Labute approximate surface area is 115 Å². The maximum absolute atomic E-state index is 12.6. The number of aryl methyl sites for hydroxylation is 1. The van der Waals surface area contributed by atoms with E-state index in [4.69, 9.17) is 4.74 Å². The van der Waals surface area contributed by atoms with E-state index in [9.17, 15) is 4.79 Å². The van der Waals surface area contributed by atoms with Crippen LogP contribution in [0.1, 0.15) is 26.3 Å². The highest BCUT2D eigenvalue weighted by Gasteiger charge is 2.30. The molecule has 0 aromatic carbocycles. The van der Waals surface area contributed by atoms with E-state index < -0.39 is 0 Å². The van der Waals surface area contributed by atoms with Crippen molar-refractivity contribution in [1.29, 1.82) is 0 Å². The van der Waals surface area contributed by atoms with Crippen LogP contribution in [0.25, 0.3) is 0 Å². The minimum Gasteiger partial charge on any atom is -0.377 e. The number of aromatic nitrogens is 2. The third-order valence-corrected chi connectivity index (χ3v) is 4.21. The fraction of sp³-hybridized carbons (Fsp3) is 0.385. The Bertz CT molecular complexity index is 564. The van der Waals surface area contributed by atoms with Crippen LogP contribution in [0.3, 0.4) is 0 Å². The molecule has 1 unspecified atom stereocenters. The molecule has 2 aromatic heterocycles. The Morgan fingerprint density at radius 3 is 3.11 bits per heavy atom. The molecule has 0 spiro atoms. The fourth-order valence-electron chi connectivity index (χ4n) is 2.25. The summed E-state index contributed by atoms with van der Waals surface area (Å²) < 4.78 is 5.49. The Kier molecular flexibility index (Phi) is 3.35. The first kappa shape index (κ1) is 12.4. The first-order valence-corrected chi connectivity index (χ1v) is 7.02. The monoisotopic (exact) mass is 277 g/mol. The average Bonchev–Trinajstić information content (AvgIpc) is 3.09. The van der Waals surface area contributed by atoms with Gasteiger partial charge in [-0.25, -0.2) is 0 Å². The van der Waals surface area contributed by atoms with Crippen LogP contribution in [0.2, 0.25) is 0 Å². The summed E-state index contributed by atoms with van der Waals surface area (Å²) in [6.45, 7) is 3.71. The van der Waals surface area contributed by atoms with Crippen molar-refractivity contribution in [1.82, 2.24) is 15.1 Å². The normalized spacial score (nSPS) is 19.6. The first-order chi connectivity index (χ1) is 9.25. The summed E-state index contributed by atoms with van der Waals surface area (Å²) in [6, 6.07) is 5.68. The van der Waals surface area contributed by atoms with Crippen molar-refractivity contribution in [2.24, 2.45) is 0 Å². The second-order valence-electron chi connectivity index (χ2n) is 4.51. The maximum Gasteiger partial charge on any atom is 0.264 e. The summed E-state index contributed by atoms with van der Waals surface area (Å²) >= 11 is 1.53. The van der Waals surface area contributed by atoms with E-state index in [1.807, 2.05) is 30.0 Å². The van der Waals surface area contributed by atoms with Crippen LogP contribution >= 0.6 is 11.3 Å². The van der Waals surface area contributed by atoms with Gasteiger partial charge >= 0.3 is 0 Å². The van der Waals surface area contributed by atoms with Gasteiger partial charge in [-0.05, 0) is 25.1 Å². The average molecular weight is 277 g/mol. The Balaban J connectivity index is 1.86. The Hall–Kier alpha value is -1.66. The molecule has 100 valence electrons. The molecule has 1 fully saturated rings. The van der Waals surface area contributed by atoms with Crippen molar-refractivity contribution in [3.8, 4) is 0 Å². The van der Waals surface area contributed by atoms with Crippen LogP contribution in [0, 0.1) is 6.92 Å². The molecule has 1 amide bonds. The zero-order valence-electron chi connectivity index (χ0n) is 10.6. The third kappa shape index (κ3) is 2.41. The summed E-state index contributed by atoms with van der Waals surface area (Å²) in [5, 5.41) is 6.88. The molecule has 1 aliphatic heterocycles. The Morgan fingerprint density at radius 2 is 2.42 bits per heavy atom. The van der Waals surface area contributed by atoms with E-state index in [-0.39, 0.29) is 11.9 Å². The molecule has 1 atom stereocenters. The smallest absolute Gasteiger partial charge is 0.264 e. The van der Waals surface area contributed by atoms with Gasteiger partial charge in [0.2, 0.25) is 0 Å². The van der Waals surface area contributed by atoms with Gasteiger partial charge in [0.25, 0.3) is 5.91 Å². The number of morpholine rings is 1. The number of H-pyrrole nitrogens is 1. The molecule has 5 nitrogen and oxygen atoms in total. The molecular formula is C13H15N3O2S. The molecule has 1 saturated heterocycles. The van der Waals surface area contributed by atoms with Crippen molar-refractivity contribution in [3.05, 3.63) is 39.8 Å². The van der Waals surface area contributed by atoms with Gasteiger partial charge in [-0.1, -0.05) is 0 Å². The SMILES string of the molecule is Cc1ccc(C(=O)N2CCOCC2c2ccn[nH]2)s1. The van der Waals surface area contributed by atoms with Crippen molar-refractivity contribution in [2.45, 2.75) is 13.0 Å². The highest BCUT2D eigenvalue weighted by Crippen LogP contribution is 2.26. The second kappa shape index (κ2) is 5.14. The van der Waals surface area contributed by atoms with Crippen LogP contribution in [0.15, 0.2) is 24.4 Å². The predicted molar refractivity (Wildman–Crippen MR) is 72.2 cm³/mol. The van der Waals surface area contributed by atoms with Gasteiger partial charge in [0.15, 0.2) is 0 Å². The number of carbonyl (C=O) groups excluding carboxylic acids is 1. The lowest BCUT2D eigenvalue weighted by Crippen LogP contribution is -2.43. The van der Waals surface area contributed by atoms with E-state index in [1.165, 1.54) is 11.3 Å². The summed E-state index contributed by atoms with van der Waals surface area (Å²) in [7, 11) is 0. The van der Waals surface area contributed by atoms with Crippen molar-refractivity contribution in [3.63, 3.8) is 0 Å². The van der Waals surface area contributed by atoms with E-state index in [1.54, 1.807) is 6.20 Å². The van der Waals surface area contributed by atoms with E-state index in [0.29, 0.717) is 19.8 Å². The molecule has 6 heteroatoms. The molecule has 1 aliphatic rings. The molecule has 3 heterocycles. The zero-order valence-corrected chi connectivity index (χ0v) is 11.4. The third-order valence-electron chi connectivity index (χ3n) is 3.22. The highest BCUT2D eigenvalue weighted by atomic mass is 32.1. The van der Waals surface area contributed by atoms with E-state index in [0.717, 1.165) is 15.4 Å². The summed E-state index contributed by atoms with van der Waals surface area (Å²) in [4.78, 5) is 16.4. The first-order valence-electron chi connectivity index (χ1n) is 6.20. The topological polar surface area (TPSA) is 58.2 Å². The predicted octanol–water partition coefficient (Wildman–Crippen LogP) is 1.99. The number of ether oxygens (including phenoxy) is 1. The van der Waals surface area contributed by atoms with Gasteiger partial charge in [-0.15, -0.1) is 11.3 Å². The van der Waals surface area contributed by atoms with Crippen LogP contribution in [0.4, 0.5) is 0 Å². The van der Waals surface area contributed by atoms with Gasteiger partial charge in [-0.2, -0.15) is 5.10 Å². The lowest BCUT2D eigenvalue weighted by Gasteiger charge is -2.34. The summed E-state index contributed by atoms with van der Waals surface area (Å²) in [5.74, 6) is 0.0704. The minimum atomic E-state index is -0.0776. The molecule has 0 radical (unpaired) electrons. The highest BCUT2D eigenvalue weighted by molar-refractivity contribution is 7.13. The van der Waals surface area contributed by atoms with Crippen molar-refractivity contribution >= 4 is 17.2 Å². The summed E-state index contributed by atoms with van der Waals surface area (Å²) in [6.07, 6.45) is 1.70. The number of hydrogen-bond acceptors (Lipinski definition) is 4. The Morgan fingerprint density at radius 1 is 1.53 bits per heavy atom. The van der Waals surface area contributed by atoms with Gasteiger partial charge in [0.05, 0.1) is 29.8 Å². The molecule has 0 aliphatic carbocycles. The fourth-order valence-corrected chi connectivity index (χ4v) is 3.07. The lowest BCUT2D eigenvalue weighted by molar-refractivity contribution is -0.00364. The number of hydrogen-bond donors (Lipinski definition) is 1. The lowest BCUT2D eigenvalue weighted by atomic mass is 10.1. The maximum atomic E-state index is 12.6. The molecule has 2 aromatic rings. The molecule has 3 rings (SSSR count). The minimum absolute atomic E-state index is 0.0704. The zero-order chi connectivity index (χ0) is 13.2. The number of carbonyl (C=O) groups is 1. The number of thiophene rings is 1. The molecule has 19 heavy (non-hydrogen) atoms. The molecule has 1 N–H and O–H groups in total. The van der Waals surface area contributed by atoms with Crippen LogP contribution in [0.5, 0.6) is 0 Å². The molecule has 0 bridgehead atoms. The van der Waals surface area contributed by atoms with E-state index >= 15 is 0 Å². The quantitative estimate of drug-likeness (QED) is 0.913. The van der Waals surface area contributed by atoms with Gasteiger partial charge in [-0.3, -0.25) is 9.89 Å². The molecule has 0 saturated carbocycles. The number of nitrogens with zero attached hydrogens (tertiary/aromatic N) is 2. The number of amides is 1. The van der Waals surface area contributed by atoms with Gasteiger partial charge in [0, 0.05) is 17.6 Å². The van der Waals surface area contributed by atoms with Gasteiger partial charge < -0.3 is 9.64 Å². The number of aromatic amines is 1.